The van der Waals surface area contributed by atoms with Gasteiger partial charge in [-0.15, -0.1) is 0 Å². The van der Waals surface area contributed by atoms with E-state index in [2.05, 4.69) is 4.74 Å². The van der Waals surface area contributed by atoms with E-state index in [-0.39, 0.29) is 0 Å². The van der Waals surface area contributed by atoms with Gasteiger partial charge in [0, 0.05) is 0 Å². The van der Waals surface area contributed by atoms with Crippen molar-refractivity contribution in [3.8, 4) is 0 Å². The number of ether oxygens (including phenoxy) is 1. The maximum absolute atomic E-state index is 10.8. The summed E-state index contributed by atoms with van der Waals surface area (Å²) in [5, 5.41) is 8.32. The molecule has 0 aromatic rings. The lowest BCUT2D eigenvalue weighted by Gasteiger charge is -2.18. The van der Waals surface area contributed by atoms with E-state index < -0.39 is 32.5 Å². The van der Waals surface area contributed by atoms with Gasteiger partial charge in [0.1, 0.15) is 12.8 Å². The Labute approximate surface area is 79.2 Å². The van der Waals surface area contributed by atoms with E-state index in [1.807, 2.05) is 0 Å². The molecule has 0 saturated heterocycles. The van der Waals surface area contributed by atoms with Gasteiger partial charge in [-0.2, -0.15) is 0 Å². The summed E-state index contributed by atoms with van der Waals surface area (Å²) in [7, 11) is -3.50. The van der Waals surface area contributed by atoms with Crippen LogP contribution in [0.25, 0.3) is 0 Å². The summed E-state index contributed by atoms with van der Waals surface area (Å²) in [5.41, 5.74) is 0. The number of rotatable bonds is 4. The third kappa shape index (κ3) is 5.52. The third-order valence-electron chi connectivity index (χ3n) is 1.11. The number of aliphatic carboxylic acids is 1. The first kappa shape index (κ1) is 12.9. The van der Waals surface area contributed by atoms with Crippen LogP contribution in [-0.2, 0) is 14.1 Å². The molecule has 1 amide bonds. The number of hydrogen-bond acceptors (Lipinski definition) is 4. The summed E-state index contributed by atoms with van der Waals surface area (Å²) in [6.45, 7) is -0.822. The van der Waals surface area contributed by atoms with Gasteiger partial charge in [-0.05, 0) is 0 Å². The molecule has 0 aliphatic rings. The number of carbonyl (C=O) groups excluding carboxylic acids is 1. The predicted molar refractivity (Wildman–Crippen MR) is 43.7 cm³/mol. The number of nitrogens with zero attached hydrogens (tertiary/aromatic N) is 1. The van der Waals surface area contributed by atoms with Crippen LogP contribution in [0.4, 0.5) is 4.79 Å². The molecule has 9 heteroatoms. The smallest absolute Gasteiger partial charge is 0.410 e. The second-order valence-electron chi connectivity index (χ2n) is 2.37. The first-order valence-electron chi connectivity index (χ1n) is 3.35. The summed E-state index contributed by atoms with van der Waals surface area (Å²) >= 11 is 0. The molecular formula is C5H10NO7P. The minimum Gasteiger partial charge on any atom is -0.480 e. The van der Waals surface area contributed by atoms with E-state index in [4.69, 9.17) is 14.9 Å². The van der Waals surface area contributed by atoms with Crippen LogP contribution in [0.3, 0.4) is 0 Å². The van der Waals surface area contributed by atoms with E-state index in [0.717, 1.165) is 7.11 Å². The molecule has 0 aromatic carbocycles. The van der Waals surface area contributed by atoms with Gasteiger partial charge in [0.2, 0.25) is 0 Å². The molecule has 0 atom stereocenters. The molecule has 0 radical (unpaired) electrons. The predicted octanol–water partition coefficient (Wildman–Crippen LogP) is -0.725. The summed E-state index contributed by atoms with van der Waals surface area (Å²) in [6.07, 6.45) is -2.08. The fourth-order valence-corrected chi connectivity index (χ4v) is 1.35. The van der Waals surface area contributed by atoms with E-state index in [1.165, 1.54) is 0 Å². The minimum absolute atomic E-state index is 0.406. The monoisotopic (exact) mass is 227 g/mol. The van der Waals surface area contributed by atoms with Crippen molar-refractivity contribution in [2.75, 3.05) is 19.9 Å². The van der Waals surface area contributed by atoms with Crippen LogP contribution in [0.5, 0.6) is 0 Å². The summed E-state index contributed by atoms with van der Waals surface area (Å²) in [4.78, 5) is 38.5. The summed E-state index contributed by atoms with van der Waals surface area (Å²) in [6, 6.07) is 0. The van der Waals surface area contributed by atoms with Crippen LogP contribution in [0.2, 0.25) is 0 Å². The number of carbonyl (C=O) groups is 2. The molecule has 8 nitrogen and oxygen atoms in total. The molecule has 82 valence electrons. The fraction of sp³-hybridized carbons (Fsp3) is 0.600. The van der Waals surface area contributed by atoms with Crippen LogP contribution >= 0.6 is 7.60 Å². The highest BCUT2D eigenvalue weighted by Crippen LogP contribution is 2.35. The Morgan fingerprint density at radius 3 is 2.21 bits per heavy atom. The van der Waals surface area contributed by atoms with Crippen LogP contribution in [0.1, 0.15) is 0 Å². The fourth-order valence-electron chi connectivity index (χ4n) is 0.687. The van der Waals surface area contributed by atoms with Gasteiger partial charge in [-0.25, -0.2) is 4.79 Å². The number of carboxylic acids is 1. The Morgan fingerprint density at radius 2 is 1.93 bits per heavy atom. The van der Waals surface area contributed by atoms with E-state index in [9.17, 15) is 14.2 Å². The lowest BCUT2D eigenvalue weighted by molar-refractivity contribution is -0.137. The van der Waals surface area contributed by atoms with Crippen molar-refractivity contribution in [2.24, 2.45) is 0 Å². The van der Waals surface area contributed by atoms with Gasteiger partial charge < -0.3 is 19.6 Å². The van der Waals surface area contributed by atoms with Crippen LogP contribution < -0.4 is 0 Å². The van der Waals surface area contributed by atoms with Gasteiger partial charge in [-0.3, -0.25) is 14.3 Å². The second-order valence-corrected chi connectivity index (χ2v) is 3.98. The highest BCUT2D eigenvalue weighted by Gasteiger charge is 2.25. The van der Waals surface area contributed by atoms with Gasteiger partial charge in [-0.1, -0.05) is 0 Å². The van der Waals surface area contributed by atoms with Gasteiger partial charge >= 0.3 is 19.7 Å². The maximum Gasteiger partial charge on any atom is 0.410 e. The summed E-state index contributed by atoms with van der Waals surface area (Å²) < 4.78 is 14.6. The van der Waals surface area contributed by atoms with Crippen molar-refractivity contribution in [1.29, 1.82) is 0 Å². The normalized spacial score (nSPS) is 10.8. The van der Waals surface area contributed by atoms with Crippen molar-refractivity contribution in [1.82, 2.24) is 4.90 Å². The highest BCUT2D eigenvalue weighted by molar-refractivity contribution is 7.51. The number of methoxy groups -OCH3 is 1. The molecule has 0 bridgehead atoms. The van der Waals surface area contributed by atoms with E-state index >= 15 is 0 Å². The van der Waals surface area contributed by atoms with Crippen molar-refractivity contribution in [3.63, 3.8) is 0 Å². The van der Waals surface area contributed by atoms with Gasteiger partial charge in [0.25, 0.3) is 0 Å². The minimum atomic E-state index is -4.48. The van der Waals surface area contributed by atoms with Crippen molar-refractivity contribution >= 4 is 19.7 Å². The van der Waals surface area contributed by atoms with Crippen LogP contribution in [0.15, 0.2) is 0 Å². The highest BCUT2D eigenvalue weighted by atomic mass is 31.2. The molecule has 14 heavy (non-hydrogen) atoms. The standard InChI is InChI=1S/C5H10NO7P/c1-13-5(9)6(2-4(7)8)3-14(10,11)12/h2-3H2,1H3,(H,7,8)(H2,10,11,12). The molecule has 0 aliphatic heterocycles. The molecule has 0 spiro atoms. The van der Waals surface area contributed by atoms with Crippen LogP contribution in [-0.4, -0.2) is 51.8 Å². The van der Waals surface area contributed by atoms with E-state index in [0.29, 0.717) is 4.90 Å². The summed E-state index contributed by atoms with van der Waals surface area (Å²) in [5.74, 6) is -1.39. The lowest BCUT2D eigenvalue weighted by atomic mass is 10.6. The zero-order valence-electron chi connectivity index (χ0n) is 7.28. The molecule has 0 fully saturated rings. The lowest BCUT2D eigenvalue weighted by Crippen LogP contribution is -2.36. The quantitative estimate of drug-likeness (QED) is 0.541. The average Bonchev–Trinajstić information content (AvgIpc) is 1.98. The first-order valence-corrected chi connectivity index (χ1v) is 5.15. The molecule has 0 heterocycles. The second kappa shape index (κ2) is 4.94. The Balaban J connectivity index is 4.48. The molecule has 0 aromatic heterocycles. The maximum atomic E-state index is 10.8. The molecule has 0 saturated carbocycles. The zero-order chi connectivity index (χ0) is 11.4. The number of hydrogen-bond donors (Lipinski definition) is 3. The zero-order valence-corrected chi connectivity index (χ0v) is 8.18. The van der Waals surface area contributed by atoms with Gasteiger partial charge in [0.15, 0.2) is 0 Å². The Hall–Kier alpha value is -1.11. The van der Waals surface area contributed by atoms with Crippen molar-refractivity contribution in [3.05, 3.63) is 0 Å². The Morgan fingerprint density at radius 1 is 1.43 bits per heavy atom. The molecule has 0 rings (SSSR count). The molecule has 0 aliphatic carbocycles. The topological polar surface area (TPSA) is 124 Å². The largest absolute Gasteiger partial charge is 0.480 e. The van der Waals surface area contributed by atoms with Gasteiger partial charge in [0.05, 0.1) is 7.11 Å². The van der Waals surface area contributed by atoms with Crippen molar-refractivity contribution < 1.29 is 33.8 Å². The Bertz CT molecular complexity index is 271. The SMILES string of the molecule is COC(=O)N(CC(=O)O)CP(=O)(O)O. The van der Waals surface area contributed by atoms with Crippen molar-refractivity contribution in [2.45, 2.75) is 0 Å². The molecule has 3 N–H and O–H groups in total. The number of carboxylic acid groups (broad SMARTS) is 1. The molecular weight excluding hydrogens is 217 g/mol. The van der Waals surface area contributed by atoms with E-state index in [1.54, 1.807) is 0 Å². The average molecular weight is 227 g/mol. The number of amides is 1. The Kier molecular flexibility index (Phi) is 4.55. The first-order chi connectivity index (χ1) is 6.26. The third-order valence-corrected chi connectivity index (χ3v) is 1.82. The van der Waals surface area contributed by atoms with Crippen LogP contribution in [0, 0.1) is 0 Å². The molecule has 0 unspecified atom stereocenters.